The van der Waals surface area contributed by atoms with Gasteiger partial charge in [0.05, 0.1) is 28.4 Å². The van der Waals surface area contributed by atoms with Crippen LogP contribution in [0.15, 0.2) is 66.7 Å². The molecule has 0 saturated carbocycles. The van der Waals surface area contributed by atoms with Crippen molar-refractivity contribution in [2.75, 3.05) is 30.9 Å². The molecule has 0 spiro atoms. The number of para-hydroxylation sites is 1. The molecule has 0 unspecified atom stereocenters. The largest absolute Gasteiger partial charge is 0.435 e. The van der Waals surface area contributed by atoms with Crippen LogP contribution in [0.1, 0.15) is 20.7 Å². The van der Waals surface area contributed by atoms with Gasteiger partial charge in [-0.1, -0.05) is 23.7 Å². The fourth-order valence-electron chi connectivity index (χ4n) is 3.00. The molecule has 0 aromatic heterocycles. The van der Waals surface area contributed by atoms with E-state index in [1.165, 1.54) is 31.4 Å². The van der Waals surface area contributed by atoms with E-state index in [1.54, 1.807) is 42.5 Å². The molecule has 7 nitrogen and oxygen atoms in total. The fraction of sp³-hybridized carbons (Fsp3) is 0.167. The lowest BCUT2D eigenvalue weighted by Gasteiger charge is -2.14. The third kappa shape index (κ3) is 6.90. The topological polar surface area (TPSA) is 88.7 Å². The van der Waals surface area contributed by atoms with Crippen molar-refractivity contribution in [1.82, 2.24) is 5.32 Å². The second kappa shape index (κ2) is 12.0. The molecule has 10 heteroatoms. The van der Waals surface area contributed by atoms with Gasteiger partial charge < -0.3 is 25.4 Å². The van der Waals surface area contributed by atoms with E-state index in [0.717, 1.165) is 0 Å². The van der Waals surface area contributed by atoms with Crippen LogP contribution in [0, 0.1) is 0 Å². The summed E-state index contributed by atoms with van der Waals surface area (Å²) in [5.74, 6) is -0.729. The number of nitrogens with one attached hydrogen (secondary N) is 3. The number of amides is 2. The van der Waals surface area contributed by atoms with Gasteiger partial charge in [0.1, 0.15) is 5.75 Å². The Kier molecular flexibility index (Phi) is 8.78. The molecule has 3 aromatic carbocycles. The summed E-state index contributed by atoms with van der Waals surface area (Å²) in [6.07, 6.45) is 0. The summed E-state index contributed by atoms with van der Waals surface area (Å²) in [5.41, 5.74) is 2.10. The average molecular weight is 490 g/mol. The predicted molar refractivity (Wildman–Crippen MR) is 126 cm³/mol. The van der Waals surface area contributed by atoms with Crippen molar-refractivity contribution in [3.63, 3.8) is 0 Å². The van der Waals surface area contributed by atoms with Gasteiger partial charge in [0.15, 0.2) is 0 Å². The zero-order chi connectivity index (χ0) is 24.5. The lowest BCUT2D eigenvalue weighted by Crippen LogP contribution is -2.27. The quantitative estimate of drug-likeness (QED) is 0.336. The molecule has 2 amide bonds. The number of methoxy groups -OCH3 is 1. The molecule has 0 aliphatic rings. The lowest BCUT2D eigenvalue weighted by molar-refractivity contribution is -0.0498. The van der Waals surface area contributed by atoms with Crippen LogP contribution in [0.4, 0.5) is 25.8 Å². The maximum Gasteiger partial charge on any atom is 0.387 e. The standard InChI is InChI=1S/C24H22ClF2N3O4/c1-33-13-12-28-22(31)18-11-8-16(14-20(18)25)30-23(32)19-4-2-3-5-21(19)29-15-6-9-17(10-7-15)34-24(26)27/h2-11,14,24,29H,12-13H2,1H3,(H,28,31)(H,30,32). The second-order valence-electron chi connectivity index (χ2n) is 6.97. The Balaban J connectivity index is 1.70. The summed E-state index contributed by atoms with van der Waals surface area (Å²) in [6, 6.07) is 17.3. The smallest absolute Gasteiger partial charge is 0.387 e. The van der Waals surface area contributed by atoms with E-state index in [2.05, 4.69) is 20.7 Å². The molecule has 0 fully saturated rings. The third-order valence-electron chi connectivity index (χ3n) is 4.59. The highest BCUT2D eigenvalue weighted by molar-refractivity contribution is 6.34. The van der Waals surface area contributed by atoms with Crippen molar-refractivity contribution in [2.24, 2.45) is 0 Å². The number of benzene rings is 3. The molecule has 0 saturated heterocycles. The maximum atomic E-state index is 12.9. The Morgan fingerprint density at radius 2 is 1.65 bits per heavy atom. The van der Waals surface area contributed by atoms with Crippen molar-refractivity contribution in [2.45, 2.75) is 6.61 Å². The van der Waals surface area contributed by atoms with Gasteiger partial charge in [-0.25, -0.2) is 0 Å². The van der Waals surface area contributed by atoms with Gasteiger partial charge in [-0.15, -0.1) is 0 Å². The molecule has 0 aliphatic heterocycles. The molecule has 0 bridgehead atoms. The number of hydrogen-bond donors (Lipinski definition) is 3. The molecule has 0 radical (unpaired) electrons. The Morgan fingerprint density at radius 1 is 0.941 bits per heavy atom. The summed E-state index contributed by atoms with van der Waals surface area (Å²) in [4.78, 5) is 25.1. The van der Waals surface area contributed by atoms with Gasteiger partial charge in [-0.3, -0.25) is 9.59 Å². The molecule has 3 rings (SSSR count). The SMILES string of the molecule is COCCNC(=O)c1ccc(NC(=O)c2ccccc2Nc2ccc(OC(F)F)cc2)cc1Cl. The van der Waals surface area contributed by atoms with Crippen LogP contribution in [-0.4, -0.2) is 38.7 Å². The minimum Gasteiger partial charge on any atom is -0.435 e. The number of carbonyl (C=O) groups excluding carboxylic acids is 2. The van der Waals surface area contributed by atoms with Crippen LogP contribution in [0.3, 0.4) is 0 Å². The fourth-order valence-corrected chi connectivity index (χ4v) is 3.27. The third-order valence-corrected chi connectivity index (χ3v) is 4.91. The molecule has 0 heterocycles. The van der Waals surface area contributed by atoms with Crippen molar-refractivity contribution in [3.8, 4) is 5.75 Å². The zero-order valence-electron chi connectivity index (χ0n) is 18.1. The number of carbonyl (C=O) groups is 2. The highest BCUT2D eigenvalue weighted by Gasteiger charge is 2.15. The normalized spacial score (nSPS) is 10.6. The first-order valence-electron chi connectivity index (χ1n) is 10.2. The summed E-state index contributed by atoms with van der Waals surface area (Å²) < 4.78 is 33.9. The Morgan fingerprint density at radius 3 is 2.32 bits per heavy atom. The van der Waals surface area contributed by atoms with E-state index < -0.39 is 12.5 Å². The number of hydrogen-bond acceptors (Lipinski definition) is 5. The zero-order valence-corrected chi connectivity index (χ0v) is 18.9. The van der Waals surface area contributed by atoms with E-state index >= 15 is 0 Å². The van der Waals surface area contributed by atoms with E-state index in [4.69, 9.17) is 16.3 Å². The number of alkyl halides is 2. The van der Waals surface area contributed by atoms with Crippen LogP contribution in [-0.2, 0) is 4.74 Å². The Bertz CT molecular complexity index is 1140. The summed E-state index contributed by atoms with van der Waals surface area (Å²) in [7, 11) is 1.53. The summed E-state index contributed by atoms with van der Waals surface area (Å²) in [6.45, 7) is -2.19. The molecule has 34 heavy (non-hydrogen) atoms. The first kappa shape index (κ1) is 24.9. The average Bonchev–Trinajstić information content (AvgIpc) is 2.80. The first-order valence-corrected chi connectivity index (χ1v) is 10.5. The van der Waals surface area contributed by atoms with Crippen LogP contribution >= 0.6 is 11.6 Å². The van der Waals surface area contributed by atoms with Crippen molar-refractivity contribution in [1.29, 1.82) is 0 Å². The Labute approximate surface area is 200 Å². The van der Waals surface area contributed by atoms with Crippen LogP contribution in [0.5, 0.6) is 5.75 Å². The molecule has 3 N–H and O–H groups in total. The van der Waals surface area contributed by atoms with Crippen molar-refractivity contribution >= 4 is 40.5 Å². The van der Waals surface area contributed by atoms with Gasteiger partial charge in [0.25, 0.3) is 11.8 Å². The minimum absolute atomic E-state index is 0.0271. The van der Waals surface area contributed by atoms with Crippen LogP contribution in [0.25, 0.3) is 0 Å². The van der Waals surface area contributed by atoms with Crippen LogP contribution < -0.4 is 20.7 Å². The first-order chi connectivity index (χ1) is 16.4. The molecule has 3 aromatic rings. The second-order valence-corrected chi connectivity index (χ2v) is 7.38. The van der Waals surface area contributed by atoms with Gasteiger partial charge in [0, 0.05) is 25.0 Å². The molecule has 0 aliphatic carbocycles. The van der Waals surface area contributed by atoms with Gasteiger partial charge in [-0.05, 0) is 54.6 Å². The summed E-state index contributed by atoms with van der Waals surface area (Å²) in [5, 5.41) is 8.71. The molecular formula is C24H22ClF2N3O4. The van der Waals surface area contributed by atoms with Crippen molar-refractivity contribution in [3.05, 3.63) is 82.9 Å². The summed E-state index contributed by atoms with van der Waals surface area (Å²) >= 11 is 6.24. The predicted octanol–water partition coefficient (Wildman–Crippen LogP) is 5.31. The van der Waals surface area contributed by atoms with Crippen molar-refractivity contribution < 1.29 is 27.8 Å². The number of halogens is 3. The lowest BCUT2D eigenvalue weighted by atomic mass is 10.1. The van der Waals surface area contributed by atoms with E-state index in [0.29, 0.717) is 35.8 Å². The van der Waals surface area contributed by atoms with E-state index in [-0.39, 0.29) is 22.2 Å². The van der Waals surface area contributed by atoms with Gasteiger partial charge >= 0.3 is 6.61 Å². The maximum absolute atomic E-state index is 12.9. The Hall–Kier alpha value is -3.69. The van der Waals surface area contributed by atoms with Gasteiger partial charge in [0.2, 0.25) is 0 Å². The molecular weight excluding hydrogens is 468 g/mol. The number of anilines is 3. The van der Waals surface area contributed by atoms with E-state index in [1.807, 2.05) is 0 Å². The number of rotatable bonds is 10. The highest BCUT2D eigenvalue weighted by atomic mass is 35.5. The minimum atomic E-state index is -2.91. The van der Waals surface area contributed by atoms with Crippen LogP contribution in [0.2, 0.25) is 5.02 Å². The monoisotopic (exact) mass is 489 g/mol. The van der Waals surface area contributed by atoms with E-state index in [9.17, 15) is 18.4 Å². The van der Waals surface area contributed by atoms with Gasteiger partial charge in [-0.2, -0.15) is 8.78 Å². The molecule has 0 atom stereocenters. The molecule has 178 valence electrons. The number of ether oxygens (including phenoxy) is 2. The highest BCUT2D eigenvalue weighted by Crippen LogP contribution is 2.26.